The Morgan fingerprint density at radius 3 is 1.27 bits per heavy atom. The number of piperazine rings is 1. The summed E-state index contributed by atoms with van der Waals surface area (Å²) in [6, 6.07) is 29.6. The van der Waals surface area contributed by atoms with Gasteiger partial charge in [0, 0.05) is 129 Å². The average Bonchev–Trinajstić information content (AvgIpc) is 2.32. The number of halogens is 1. The molecule has 2 amide bonds. The zero-order chi connectivity index (χ0) is 62.6. The van der Waals surface area contributed by atoms with Gasteiger partial charge in [0.2, 0.25) is 0 Å². The third-order valence-electron chi connectivity index (χ3n) is 15.4. The van der Waals surface area contributed by atoms with Gasteiger partial charge >= 0.3 is 5.97 Å². The predicted octanol–water partition coefficient (Wildman–Crippen LogP) is 7.77. The van der Waals surface area contributed by atoms with E-state index in [4.69, 9.17) is 41.3 Å². The van der Waals surface area contributed by atoms with Crippen LogP contribution in [0.2, 0.25) is 0 Å². The number of aryl methyl sites for hydroxylation is 3. The molecule has 0 saturated carbocycles. The van der Waals surface area contributed by atoms with Crippen LogP contribution in [0.25, 0.3) is 44.5 Å². The van der Waals surface area contributed by atoms with Gasteiger partial charge in [-0.05, 0) is 65.2 Å². The second-order valence-electron chi connectivity index (χ2n) is 22.0. The van der Waals surface area contributed by atoms with E-state index < -0.39 is 5.97 Å². The number of ether oxygens (including phenoxy) is 4. The van der Waals surface area contributed by atoms with Gasteiger partial charge in [-0.25, -0.2) is 19.7 Å². The number of amides is 2. The van der Waals surface area contributed by atoms with Crippen molar-refractivity contribution in [2.45, 2.75) is 58.9 Å². The number of nitrogens with one attached hydrogen (secondary N) is 2. The fourth-order valence-electron chi connectivity index (χ4n) is 10.2. The minimum Gasteiger partial charge on any atom is -0.478 e. The first kappa shape index (κ1) is 67.7. The van der Waals surface area contributed by atoms with Crippen LogP contribution in [-0.4, -0.2) is 161 Å². The number of carbonyl (C=O) groups is 3. The van der Waals surface area contributed by atoms with Gasteiger partial charge in [-0.15, -0.1) is 0 Å². The van der Waals surface area contributed by atoms with Crippen LogP contribution in [0.5, 0.6) is 0 Å². The molecular formula is C66H79BrN16O8. The molecule has 3 fully saturated rings. The van der Waals surface area contributed by atoms with Crippen LogP contribution >= 0.6 is 15.9 Å². The van der Waals surface area contributed by atoms with E-state index in [0.717, 1.165) is 76.1 Å². The quantitative estimate of drug-likeness (QED) is 0.0507. The molecule has 0 aliphatic carbocycles. The van der Waals surface area contributed by atoms with Crippen molar-refractivity contribution in [2.75, 3.05) is 76.9 Å². The van der Waals surface area contributed by atoms with E-state index in [-0.39, 0.29) is 74.0 Å². The summed E-state index contributed by atoms with van der Waals surface area (Å²) in [4.78, 5) is 54.1. The molecule has 6 aromatic heterocycles. The number of benzene rings is 3. The number of rotatable bonds is 17. The number of carboxylic acid groups (broad SMARTS) is 1. The van der Waals surface area contributed by atoms with Gasteiger partial charge in [0.05, 0.1) is 81.4 Å². The Hall–Kier alpha value is -9.21. The van der Waals surface area contributed by atoms with Gasteiger partial charge in [-0.3, -0.25) is 28.5 Å². The first-order valence-corrected chi connectivity index (χ1v) is 29.6. The number of aromatic carboxylic acids is 1. The molecule has 0 bridgehead atoms. The summed E-state index contributed by atoms with van der Waals surface area (Å²) >= 11 is 3.42. The highest BCUT2D eigenvalue weighted by atomic mass is 79.9. The number of carboxylic acids is 1. The maximum Gasteiger partial charge on any atom is 0.339 e. The molecule has 12 rings (SSSR count). The van der Waals surface area contributed by atoms with Crippen LogP contribution in [0.1, 0.15) is 62.6 Å². The minimum atomic E-state index is -1.09. The molecule has 3 aliphatic heterocycles. The number of aromatic nitrogens is 9. The SMILES string of the molecule is C.C.CN1CCN(Cc2ccc(-c3ccc(CO[C@H]4COC[C@@H]4NC(=O)c4cc(-c5cnn(C)c5)cnc4N)cc3)cc2)CC1.Cn1cc(-c2cnc(N)c(C(=O)N[C@H]3COC[C@@H]3OCc3ccc(Br)cc3)c2)cn1.Cn1cc(-c2cnc(N)c(C(=O)O)c2)cn1. The number of nitrogens with zero attached hydrogens (tertiary/aromatic N) is 11. The van der Waals surface area contributed by atoms with E-state index in [1.807, 2.05) is 50.8 Å². The van der Waals surface area contributed by atoms with Crippen molar-refractivity contribution < 1.29 is 38.4 Å². The lowest BCUT2D eigenvalue weighted by Gasteiger charge is -2.32. The lowest BCUT2D eigenvalue weighted by molar-refractivity contribution is 0.0218. The van der Waals surface area contributed by atoms with E-state index in [9.17, 15) is 14.4 Å². The monoisotopic (exact) mass is 1300 g/mol. The molecule has 25 heteroatoms. The Morgan fingerprint density at radius 2 is 0.890 bits per heavy atom. The maximum atomic E-state index is 13.2. The molecule has 9 aromatic rings. The van der Waals surface area contributed by atoms with Crippen LogP contribution in [-0.2, 0) is 59.8 Å². The average molecular weight is 1300 g/mol. The second kappa shape index (κ2) is 31.5. The molecule has 9 heterocycles. The van der Waals surface area contributed by atoms with E-state index in [1.165, 1.54) is 29.0 Å². The maximum absolute atomic E-state index is 13.2. The minimum absolute atomic E-state index is 0. The Balaban J connectivity index is 0.000000192. The van der Waals surface area contributed by atoms with Crippen LogP contribution < -0.4 is 27.8 Å². The van der Waals surface area contributed by atoms with Gasteiger partial charge in [-0.1, -0.05) is 91.4 Å². The van der Waals surface area contributed by atoms with E-state index in [1.54, 1.807) is 70.4 Å². The number of likely N-dealkylation sites (N-methyl/N-ethyl adjacent to an activating group) is 1. The molecule has 0 radical (unpaired) electrons. The van der Waals surface area contributed by atoms with Gasteiger partial charge in [0.1, 0.15) is 35.2 Å². The molecule has 3 aromatic carbocycles. The van der Waals surface area contributed by atoms with E-state index in [0.29, 0.717) is 56.3 Å². The third kappa shape index (κ3) is 18.0. The zero-order valence-corrected chi connectivity index (χ0v) is 51.4. The summed E-state index contributed by atoms with van der Waals surface area (Å²) in [5.41, 5.74) is 28.7. The van der Waals surface area contributed by atoms with Crippen molar-refractivity contribution in [1.82, 2.24) is 64.7 Å². The molecule has 9 N–H and O–H groups in total. The Bertz CT molecular complexity index is 3870. The first-order valence-electron chi connectivity index (χ1n) is 28.8. The number of carbonyl (C=O) groups excluding carboxylic acids is 2. The summed E-state index contributed by atoms with van der Waals surface area (Å²) in [7, 11) is 7.64. The van der Waals surface area contributed by atoms with Gasteiger partial charge in [0.15, 0.2) is 0 Å². The summed E-state index contributed by atoms with van der Waals surface area (Å²) in [5, 5.41) is 27.3. The lowest BCUT2D eigenvalue weighted by atomic mass is 10.0. The van der Waals surface area contributed by atoms with Crippen LogP contribution in [0, 0.1) is 0 Å². The van der Waals surface area contributed by atoms with Crippen molar-refractivity contribution >= 4 is 51.2 Å². The molecule has 4 atom stereocenters. The summed E-state index contributed by atoms with van der Waals surface area (Å²) < 4.78 is 29.4. The molecule has 0 spiro atoms. The van der Waals surface area contributed by atoms with Crippen molar-refractivity contribution in [1.29, 1.82) is 0 Å². The number of nitrogens with two attached hydrogens (primary N) is 3. The van der Waals surface area contributed by atoms with Crippen LogP contribution in [0.3, 0.4) is 0 Å². The molecule has 3 aliphatic rings. The largest absolute Gasteiger partial charge is 0.478 e. The zero-order valence-electron chi connectivity index (χ0n) is 49.8. The fourth-order valence-corrected chi connectivity index (χ4v) is 10.4. The second-order valence-corrected chi connectivity index (χ2v) is 22.9. The predicted molar refractivity (Wildman–Crippen MR) is 353 cm³/mol. The van der Waals surface area contributed by atoms with Gasteiger partial charge in [0.25, 0.3) is 11.8 Å². The van der Waals surface area contributed by atoms with Crippen LogP contribution in [0.4, 0.5) is 17.5 Å². The molecule has 0 unspecified atom stereocenters. The number of hydrogen-bond donors (Lipinski definition) is 6. The molecule has 478 valence electrons. The molecule has 91 heavy (non-hydrogen) atoms. The van der Waals surface area contributed by atoms with Gasteiger partial charge < -0.3 is 56.8 Å². The van der Waals surface area contributed by atoms with Gasteiger partial charge in [-0.2, -0.15) is 15.3 Å². The van der Waals surface area contributed by atoms with Crippen molar-refractivity contribution in [3.63, 3.8) is 0 Å². The molecule has 24 nitrogen and oxygen atoms in total. The smallest absolute Gasteiger partial charge is 0.339 e. The van der Waals surface area contributed by atoms with E-state index in [2.05, 4.69) is 122 Å². The fraction of sp³-hybridized carbons (Fsp3) is 0.318. The van der Waals surface area contributed by atoms with E-state index >= 15 is 0 Å². The van der Waals surface area contributed by atoms with Crippen molar-refractivity contribution in [2.24, 2.45) is 21.1 Å². The summed E-state index contributed by atoms with van der Waals surface area (Å²) in [6.07, 6.45) is 14.9. The number of anilines is 3. The topological polar surface area (TPSA) is 309 Å². The Morgan fingerprint density at radius 1 is 0.516 bits per heavy atom. The number of pyridine rings is 3. The highest BCUT2D eigenvalue weighted by Crippen LogP contribution is 2.27. The number of hydrogen-bond acceptors (Lipinski definition) is 18. The Kier molecular flexibility index (Phi) is 23.4. The molecular weight excluding hydrogens is 1220 g/mol. The third-order valence-corrected chi connectivity index (χ3v) is 15.9. The molecule has 3 saturated heterocycles. The first-order chi connectivity index (χ1) is 43.0. The highest BCUT2D eigenvalue weighted by Gasteiger charge is 2.33. The standard InChI is InChI=1S/C33H39N7O3.C21H22BrN5O3.C10H10N4O2.2CH4/c1-38-11-13-40(14-12-38)18-23-3-7-25(8-4-23)26-9-5-24(6-10-26)20-43-31-22-42-21-30(31)37-33(41)29-15-27(16-35-32(29)34)28-17-36-39(2)19-28;1-27-9-15(8-25-27)14-6-17(20(23)24-7-14)21(28)26-18-11-29-12-19(18)30-10-13-2-4-16(22)5-3-13;1-14-5-7(4-13-14)6-2-8(10(15)16)9(11)12-3-6;;/h3-10,15-17,19,30-31H,11-14,18,20-22H2,1-2H3,(H2,34,35)(H,37,41);2-9,18-19H,10-12H2,1H3,(H2,23,24)(H,26,28);2-5H,1H3,(H2,11,12)(H,15,16);2*1H4/t30-,31-;18-,19-;;;/m00.../s1. The Labute approximate surface area is 537 Å². The summed E-state index contributed by atoms with van der Waals surface area (Å²) in [6.45, 7) is 7.94. The van der Waals surface area contributed by atoms with Crippen molar-refractivity contribution in [3.8, 4) is 44.5 Å². The highest BCUT2D eigenvalue weighted by molar-refractivity contribution is 9.10. The van der Waals surface area contributed by atoms with Crippen molar-refractivity contribution in [3.05, 3.63) is 185 Å². The lowest BCUT2D eigenvalue weighted by Crippen LogP contribution is -2.44. The summed E-state index contributed by atoms with van der Waals surface area (Å²) in [5.74, 6) is -1.34. The number of nitrogen functional groups attached to an aromatic ring is 3. The normalized spacial score (nSPS) is 17.1. The van der Waals surface area contributed by atoms with Crippen LogP contribution in [0.15, 0.2) is 151 Å².